The van der Waals surface area contributed by atoms with Crippen LogP contribution in [0.5, 0.6) is 0 Å². The molecule has 9 heteroatoms. The quantitative estimate of drug-likeness (QED) is 0.781. The number of amides is 3. The summed E-state index contributed by atoms with van der Waals surface area (Å²) < 4.78 is 14.3. The third-order valence-electron chi connectivity index (χ3n) is 3.20. The van der Waals surface area contributed by atoms with Crippen LogP contribution in [0, 0.1) is 0 Å². The van der Waals surface area contributed by atoms with Gasteiger partial charge in [-0.05, 0) is 31.2 Å². The molecule has 0 bridgehead atoms. The first-order chi connectivity index (χ1) is 12.4. The van der Waals surface area contributed by atoms with Crippen LogP contribution < -0.4 is 10.6 Å². The number of methoxy groups -OCH3 is 1. The standard InChI is InChI=1S/C17H16N2O7/c1-10(14(20)19-17(23)24-2)26-16(22)11-6-3-4-7-12(11)18-15(21)13-8-5-9-25-13/h3-10H,1-2H3,(H,18,21)(H,19,20,23)/t10-/m0/s1. The van der Waals surface area contributed by atoms with Crippen molar-refractivity contribution in [3.05, 3.63) is 54.0 Å². The molecule has 9 nitrogen and oxygen atoms in total. The summed E-state index contributed by atoms with van der Waals surface area (Å²) in [6, 6.07) is 9.12. The zero-order valence-corrected chi connectivity index (χ0v) is 14.0. The van der Waals surface area contributed by atoms with Gasteiger partial charge in [0.25, 0.3) is 11.8 Å². The molecule has 0 aliphatic rings. The Kier molecular flexibility index (Phi) is 6.10. The lowest BCUT2D eigenvalue weighted by atomic mass is 10.1. The number of ether oxygens (including phenoxy) is 2. The molecule has 0 aliphatic carbocycles. The van der Waals surface area contributed by atoms with E-state index in [0.717, 1.165) is 7.11 Å². The Balaban J connectivity index is 2.08. The van der Waals surface area contributed by atoms with Gasteiger partial charge in [-0.3, -0.25) is 14.9 Å². The van der Waals surface area contributed by atoms with Gasteiger partial charge in [-0.15, -0.1) is 0 Å². The molecule has 3 amide bonds. The summed E-state index contributed by atoms with van der Waals surface area (Å²) in [4.78, 5) is 47.1. The van der Waals surface area contributed by atoms with Crippen molar-refractivity contribution in [3.8, 4) is 0 Å². The number of benzene rings is 1. The zero-order chi connectivity index (χ0) is 19.1. The van der Waals surface area contributed by atoms with Gasteiger partial charge in [-0.25, -0.2) is 9.59 Å². The summed E-state index contributed by atoms with van der Waals surface area (Å²) in [6.45, 7) is 1.29. The first-order valence-corrected chi connectivity index (χ1v) is 7.46. The Hall–Kier alpha value is -3.62. The van der Waals surface area contributed by atoms with E-state index in [1.54, 1.807) is 18.2 Å². The highest BCUT2D eigenvalue weighted by Gasteiger charge is 2.23. The van der Waals surface area contributed by atoms with E-state index in [1.807, 2.05) is 5.32 Å². The minimum atomic E-state index is -1.25. The lowest BCUT2D eigenvalue weighted by molar-refractivity contribution is -0.128. The molecule has 0 saturated carbocycles. The molecule has 0 spiro atoms. The highest BCUT2D eigenvalue weighted by molar-refractivity contribution is 6.07. The lowest BCUT2D eigenvalue weighted by Gasteiger charge is -2.14. The van der Waals surface area contributed by atoms with Gasteiger partial charge in [0.05, 0.1) is 24.6 Å². The molecular weight excluding hydrogens is 344 g/mol. The van der Waals surface area contributed by atoms with E-state index in [0.29, 0.717) is 0 Å². The minimum absolute atomic E-state index is 0.0325. The number of carbonyl (C=O) groups excluding carboxylic acids is 4. The van der Waals surface area contributed by atoms with Crippen LogP contribution in [0.15, 0.2) is 47.1 Å². The van der Waals surface area contributed by atoms with Gasteiger partial charge >= 0.3 is 12.1 Å². The average Bonchev–Trinajstić information content (AvgIpc) is 3.16. The number of hydrogen-bond donors (Lipinski definition) is 2. The smallest absolute Gasteiger partial charge is 0.413 e. The third kappa shape index (κ3) is 4.69. The van der Waals surface area contributed by atoms with Gasteiger partial charge in [0, 0.05) is 0 Å². The zero-order valence-electron chi connectivity index (χ0n) is 14.0. The number of anilines is 1. The second kappa shape index (κ2) is 8.47. The second-order valence-corrected chi connectivity index (χ2v) is 5.01. The van der Waals surface area contributed by atoms with Crippen LogP contribution in [0.1, 0.15) is 27.8 Å². The SMILES string of the molecule is COC(=O)NC(=O)[C@H](C)OC(=O)c1ccccc1NC(=O)c1ccco1. The largest absolute Gasteiger partial charge is 0.459 e. The molecule has 0 saturated heterocycles. The Morgan fingerprint density at radius 3 is 2.46 bits per heavy atom. The molecule has 1 aromatic heterocycles. The van der Waals surface area contributed by atoms with Crippen LogP contribution >= 0.6 is 0 Å². The van der Waals surface area contributed by atoms with Gasteiger partial charge in [0.15, 0.2) is 11.9 Å². The van der Waals surface area contributed by atoms with Crippen LogP contribution in [0.25, 0.3) is 0 Å². The number of imide groups is 1. The van der Waals surface area contributed by atoms with Gasteiger partial charge in [0.2, 0.25) is 0 Å². The molecule has 136 valence electrons. The van der Waals surface area contributed by atoms with Crippen molar-refractivity contribution in [3.63, 3.8) is 0 Å². The molecule has 0 aliphatic heterocycles. The lowest BCUT2D eigenvalue weighted by Crippen LogP contribution is -2.39. The number of rotatable bonds is 5. The van der Waals surface area contributed by atoms with E-state index in [1.165, 1.54) is 31.4 Å². The molecule has 0 unspecified atom stereocenters. The summed E-state index contributed by atoms with van der Waals surface area (Å²) in [6.07, 6.45) is -0.879. The summed E-state index contributed by atoms with van der Waals surface area (Å²) >= 11 is 0. The molecule has 1 atom stereocenters. The third-order valence-corrected chi connectivity index (χ3v) is 3.20. The summed E-state index contributed by atoms with van der Waals surface area (Å²) in [5.41, 5.74) is 0.213. The van der Waals surface area contributed by atoms with Gasteiger partial charge in [-0.2, -0.15) is 0 Å². The molecular formula is C17H16N2O7. The van der Waals surface area contributed by atoms with Gasteiger partial charge < -0.3 is 19.2 Å². The molecule has 26 heavy (non-hydrogen) atoms. The number of para-hydroxylation sites is 1. The first kappa shape index (κ1) is 18.7. The van der Waals surface area contributed by atoms with Crippen LogP contribution in [-0.4, -0.2) is 37.1 Å². The first-order valence-electron chi connectivity index (χ1n) is 7.46. The predicted octanol–water partition coefficient (Wildman–Crippen LogP) is 1.96. The predicted molar refractivity (Wildman–Crippen MR) is 88.5 cm³/mol. The maximum Gasteiger partial charge on any atom is 0.413 e. The van der Waals surface area contributed by atoms with Crippen molar-refractivity contribution in [1.29, 1.82) is 0 Å². The number of esters is 1. The number of furan rings is 1. The van der Waals surface area contributed by atoms with Crippen LogP contribution in [0.4, 0.5) is 10.5 Å². The van der Waals surface area contributed by atoms with Gasteiger partial charge in [-0.1, -0.05) is 12.1 Å². The molecule has 2 N–H and O–H groups in total. The fourth-order valence-electron chi connectivity index (χ4n) is 1.89. The average molecular weight is 360 g/mol. The summed E-state index contributed by atoms with van der Waals surface area (Å²) in [7, 11) is 1.09. The second-order valence-electron chi connectivity index (χ2n) is 5.01. The highest BCUT2D eigenvalue weighted by atomic mass is 16.6. The summed E-state index contributed by atoms with van der Waals surface area (Å²) in [5.74, 6) is -2.18. The fourth-order valence-corrected chi connectivity index (χ4v) is 1.89. The van der Waals surface area contributed by atoms with E-state index >= 15 is 0 Å². The molecule has 2 aromatic rings. The maximum absolute atomic E-state index is 12.3. The normalized spacial score (nSPS) is 11.2. The molecule has 1 aromatic carbocycles. The van der Waals surface area contributed by atoms with Crippen molar-refractivity contribution in [1.82, 2.24) is 5.32 Å². The molecule has 0 fully saturated rings. The molecule has 2 rings (SSSR count). The van der Waals surface area contributed by atoms with E-state index in [-0.39, 0.29) is 17.0 Å². The molecule has 1 heterocycles. The fraction of sp³-hybridized carbons (Fsp3) is 0.176. The Morgan fingerprint density at radius 1 is 1.08 bits per heavy atom. The van der Waals surface area contributed by atoms with Crippen molar-refractivity contribution in [2.75, 3.05) is 12.4 Å². The van der Waals surface area contributed by atoms with Gasteiger partial charge in [0.1, 0.15) is 0 Å². The van der Waals surface area contributed by atoms with Crippen LogP contribution in [0.3, 0.4) is 0 Å². The minimum Gasteiger partial charge on any atom is -0.459 e. The Morgan fingerprint density at radius 2 is 1.81 bits per heavy atom. The monoisotopic (exact) mass is 360 g/mol. The van der Waals surface area contributed by atoms with Crippen molar-refractivity contribution in [2.24, 2.45) is 0 Å². The number of carbonyl (C=O) groups is 4. The van der Waals surface area contributed by atoms with E-state index in [2.05, 4.69) is 10.1 Å². The Bertz CT molecular complexity index is 814. The highest BCUT2D eigenvalue weighted by Crippen LogP contribution is 2.18. The van der Waals surface area contributed by atoms with Crippen molar-refractivity contribution >= 4 is 29.6 Å². The topological polar surface area (TPSA) is 124 Å². The Labute approximate surface area is 148 Å². The maximum atomic E-state index is 12.3. The van der Waals surface area contributed by atoms with Crippen molar-refractivity contribution < 1.29 is 33.1 Å². The molecule has 0 radical (unpaired) electrons. The number of nitrogens with one attached hydrogen (secondary N) is 2. The van der Waals surface area contributed by atoms with Crippen LogP contribution in [-0.2, 0) is 14.3 Å². The van der Waals surface area contributed by atoms with E-state index in [9.17, 15) is 19.2 Å². The number of hydrogen-bond acceptors (Lipinski definition) is 7. The number of alkyl carbamates (subject to hydrolysis) is 1. The van der Waals surface area contributed by atoms with E-state index < -0.39 is 30.0 Å². The van der Waals surface area contributed by atoms with E-state index in [4.69, 9.17) is 9.15 Å². The van der Waals surface area contributed by atoms with Crippen LogP contribution in [0.2, 0.25) is 0 Å². The van der Waals surface area contributed by atoms with Crippen molar-refractivity contribution in [2.45, 2.75) is 13.0 Å². The summed E-state index contributed by atoms with van der Waals surface area (Å²) in [5, 5.41) is 4.42.